The molecular formula is C18H21NO6. The van der Waals surface area contributed by atoms with Crippen molar-refractivity contribution in [2.75, 3.05) is 7.11 Å². The van der Waals surface area contributed by atoms with Gasteiger partial charge in [-0.05, 0) is 49.8 Å². The number of carbonyl (C=O) groups is 2. The normalized spacial score (nSPS) is 20.4. The van der Waals surface area contributed by atoms with Gasteiger partial charge in [-0.15, -0.1) is 0 Å². The van der Waals surface area contributed by atoms with Gasteiger partial charge in [0.1, 0.15) is 12.6 Å². The number of fused-ring (bicyclic) bond motifs is 1. The first-order valence-electron chi connectivity index (χ1n) is 8.39. The van der Waals surface area contributed by atoms with E-state index in [1.165, 1.54) is 23.8 Å². The minimum absolute atomic E-state index is 0.0801. The minimum atomic E-state index is -0.661. The van der Waals surface area contributed by atoms with E-state index in [4.69, 9.17) is 9.15 Å². The summed E-state index contributed by atoms with van der Waals surface area (Å²) in [5, 5.41) is 0. The summed E-state index contributed by atoms with van der Waals surface area (Å²) in [6, 6.07) is 4.50. The molecule has 0 atom stereocenters. The van der Waals surface area contributed by atoms with Crippen LogP contribution in [0.15, 0.2) is 27.4 Å². The Bertz CT molecular complexity index is 841. The molecule has 0 amide bonds. The van der Waals surface area contributed by atoms with E-state index in [1.54, 1.807) is 6.07 Å². The third-order valence-electron chi connectivity index (χ3n) is 4.64. The highest BCUT2D eigenvalue weighted by molar-refractivity contribution is 5.93. The second-order valence-corrected chi connectivity index (χ2v) is 6.50. The number of ether oxygens (including phenoxy) is 2. The molecule has 0 spiro atoms. The topological polar surface area (TPSA) is 87.7 Å². The Morgan fingerprint density at radius 3 is 2.64 bits per heavy atom. The number of aromatic nitrogens is 1. The lowest BCUT2D eigenvalue weighted by atomic mass is 9.89. The lowest BCUT2D eigenvalue weighted by Gasteiger charge is -2.25. The van der Waals surface area contributed by atoms with E-state index in [2.05, 4.69) is 11.7 Å². The maximum atomic E-state index is 12.2. The number of hydrogen-bond acceptors (Lipinski definition) is 6. The molecule has 0 N–H and O–H groups in total. The van der Waals surface area contributed by atoms with Crippen molar-refractivity contribution in [3.63, 3.8) is 0 Å². The van der Waals surface area contributed by atoms with Gasteiger partial charge in [-0.25, -0.2) is 9.59 Å². The summed E-state index contributed by atoms with van der Waals surface area (Å²) < 4.78 is 16.5. The summed E-state index contributed by atoms with van der Waals surface area (Å²) in [6.45, 7) is 1.98. The Morgan fingerprint density at radius 2 is 1.96 bits per heavy atom. The molecule has 1 aromatic heterocycles. The van der Waals surface area contributed by atoms with Gasteiger partial charge in [0.25, 0.3) is 0 Å². The quantitative estimate of drug-likeness (QED) is 0.790. The number of hydrogen-bond donors (Lipinski definition) is 0. The van der Waals surface area contributed by atoms with Crippen molar-refractivity contribution < 1.29 is 23.5 Å². The highest BCUT2D eigenvalue weighted by Gasteiger charge is 2.23. The van der Waals surface area contributed by atoms with Crippen molar-refractivity contribution in [2.24, 2.45) is 5.92 Å². The largest absolute Gasteiger partial charge is 0.465 e. The molecule has 0 unspecified atom stereocenters. The van der Waals surface area contributed by atoms with E-state index in [1.807, 2.05) is 0 Å². The van der Waals surface area contributed by atoms with Crippen LogP contribution in [0.1, 0.15) is 43.0 Å². The molecule has 2 aromatic rings. The third kappa shape index (κ3) is 3.75. The number of benzene rings is 1. The van der Waals surface area contributed by atoms with Gasteiger partial charge in [-0.2, -0.15) is 0 Å². The summed E-state index contributed by atoms with van der Waals surface area (Å²) in [4.78, 5) is 35.8. The second-order valence-electron chi connectivity index (χ2n) is 6.50. The van der Waals surface area contributed by atoms with E-state index < -0.39 is 17.7 Å². The Hall–Kier alpha value is -2.57. The molecule has 1 saturated carbocycles. The van der Waals surface area contributed by atoms with Gasteiger partial charge in [-0.1, -0.05) is 6.92 Å². The van der Waals surface area contributed by atoms with E-state index in [0.717, 1.165) is 25.7 Å². The standard InChI is InChI=1S/C18H21NO6/c1-11-3-6-13(7-4-11)24-16(20)10-19-14-8-5-12(17(21)23-2)9-15(14)25-18(19)22/h5,8-9,11,13H,3-4,6-7,10H2,1-2H3. The van der Waals surface area contributed by atoms with Crippen LogP contribution in [0.2, 0.25) is 0 Å². The molecule has 1 aliphatic carbocycles. The van der Waals surface area contributed by atoms with Gasteiger partial charge >= 0.3 is 17.7 Å². The zero-order chi connectivity index (χ0) is 18.0. The number of esters is 2. The van der Waals surface area contributed by atoms with Crippen molar-refractivity contribution in [1.29, 1.82) is 0 Å². The van der Waals surface area contributed by atoms with Crippen molar-refractivity contribution in [1.82, 2.24) is 4.57 Å². The molecule has 1 aliphatic rings. The molecule has 3 rings (SSSR count). The number of methoxy groups -OCH3 is 1. The first-order valence-corrected chi connectivity index (χ1v) is 8.39. The minimum Gasteiger partial charge on any atom is -0.465 e. The molecule has 25 heavy (non-hydrogen) atoms. The lowest BCUT2D eigenvalue weighted by Crippen LogP contribution is -2.28. The van der Waals surface area contributed by atoms with Gasteiger partial charge < -0.3 is 13.9 Å². The maximum absolute atomic E-state index is 12.2. The fraction of sp³-hybridized carbons (Fsp3) is 0.500. The smallest absolute Gasteiger partial charge is 0.420 e. The number of oxazole rings is 1. The molecule has 1 heterocycles. The Balaban J connectivity index is 1.74. The van der Waals surface area contributed by atoms with Gasteiger partial charge in [0, 0.05) is 0 Å². The summed E-state index contributed by atoms with van der Waals surface area (Å²) in [6.07, 6.45) is 3.72. The first-order chi connectivity index (χ1) is 12.0. The van der Waals surface area contributed by atoms with Crippen LogP contribution in [-0.2, 0) is 20.8 Å². The van der Waals surface area contributed by atoms with Crippen molar-refractivity contribution in [2.45, 2.75) is 45.3 Å². The Labute approximate surface area is 144 Å². The van der Waals surface area contributed by atoms with Crippen LogP contribution in [0.4, 0.5) is 0 Å². The molecule has 0 bridgehead atoms. The summed E-state index contributed by atoms with van der Waals surface area (Å²) in [5.74, 6) is -0.977. The molecule has 0 aliphatic heterocycles. The summed E-state index contributed by atoms with van der Waals surface area (Å²) in [5.41, 5.74) is 0.939. The predicted molar refractivity (Wildman–Crippen MR) is 89.3 cm³/mol. The SMILES string of the molecule is COC(=O)c1ccc2c(c1)oc(=O)n2CC(=O)OC1CCC(C)CC1. The van der Waals surface area contributed by atoms with Crippen LogP contribution in [0.5, 0.6) is 0 Å². The molecule has 0 radical (unpaired) electrons. The number of nitrogens with zero attached hydrogens (tertiary/aromatic N) is 1. The average molecular weight is 347 g/mol. The van der Waals surface area contributed by atoms with Crippen LogP contribution < -0.4 is 5.76 Å². The van der Waals surface area contributed by atoms with Gasteiger partial charge in [0.2, 0.25) is 0 Å². The zero-order valence-corrected chi connectivity index (χ0v) is 14.3. The molecule has 0 saturated heterocycles. The molecule has 7 heteroatoms. The maximum Gasteiger partial charge on any atom is 0.420 e. The van der Waals surface area contributed by atoms with Crippen LogP contribution >= 0.6 is 0 Å². The average Bonchev–Trinajstić information content (AvgIpc) is 2.91. The number of rotatable bonds is 4. The molecule has 134 valence electrons. The fourth-order valence-corrected chi connectivity index (χ4v) is 3.16. The molecule has 7 nitrogen and oxygen atoms in total. The van der Waals surface area contributed by atoms with Crippen LogP contribution in [0.3, 0.4) is 0 Å². The molecular weight excluding hydrogens is 326 g/mol. The van der Waals surface area contributed by atoms with E-state index in [-0.39, 0.29) is 23.8 Å². The zero-order valence-electron chi connectivity index (χ0n) is 14.3. The Morgan fingerprint density at radius 1 is 1.24 bits per heavy atom. The summed E-state index contributed by atoms with van der Waals surface area (Å²) in [7, 11) is 1.27. The third-order valence-corrected chi connectivity index (χ3v) is 4.64. The lowest BCUT2D eigenvalue weighted by molar-refractivity contribution is -0.151. The molecule has 1 fully saturated rings. The van der Waals surface area contributed by atoms with Crippen LogP contribution in [0.25, 0.3) is 11.1 Å². The summed E-state index contributed by atoms with van der Waals surface area (Å²) >= 11 is 0. The molecule has 1 aromatic carbocycles. The Kier molecular flexibility index (Phi) is 4.92. The second kappa shape index (κ2) is 7.13. The number of carbonyl (C=O) groups excluding carboxylic acids is 2. The highest BCUT2D eigenvalue weighted by Crippen LogP contribution is 2.25. The van der Waals surface area contributed by atoms with Crippen LogP contribution in [0, 0.1) is 5.92 Å². The monoisotopic (exact) mass is 347 g/mol. The predicted octanol–water partition coefficient (Wildman–Crippen LogP) is 2.50. The van der Waals surface area contributed by atoms with Crippen LogP contribution in [-0.4, -0.2) is 29.7 Å². The van der Waals surface area contributed by atoms with Gasteiger partial charge in [0.05, 0.1) is 18.2 Å². The first kappa shape index (κ1) is 17.3. The van der Waals surface area contributed by atoms with E-state index in [9.17, 15) is 14.4 Å². The van der Waals surface area contributed by atoms with Gasteiger partial charge in [0.15, 0.2) is 5.58 Å². The van der Waals surface area contributed by atoms with Crippen molar-refractivity contribution in [3.8, 4) is 0 Å². The van der Waals surface area contributed by atoms with Crippen molar-refractivity contribution >= 4 is 23.0 Å². The van der Waals surface area contributed by atoms with Gasteiger partial charge in [-0.3, -0.25) is 9.36 Å². The fourth-order valence-electron chi connectivity index (χ4n) is 3.16. The highest BCUT2D eigenvalue weighted by atomic mass is 16.5. The van der Waals surface area contributed by atoms with E-state index >= 15 is 0 Å². The van der Waals surface area contributed by atoms with E-state index in [0.29, 0.717) is 11.4 Å². The van der Waals surface area contributed by atoms with Crippen molar-refractivity contribution in [3.05, 3.63) is 34.3 Å².